The lowest BCUT2D eigenvalue weighted by molar-refractivity contribution is -0.143. The van der Waals surface area contributed by atoms with E-state index in [1.165, 1.54) is 41.7 Å². The summed E-state index contributed by atoms with van der Waals surface area (Å²) in [5.41, 5.74) is 2.59. The van der Waals surface area contributed by atoms with Crippen LogP contribution in [0.25, 0.3) is 0 Å². The van der Waals surface area contributed by atoms with Crippen molar-refractivity contribution in [1.82, 2.24) is 14.7 Å². The van der Waals surface area contributed by atoms with Crippen LogP contribution in [-0.4, -0.2) is 65.3 Å². The average Bonchev–Trinajstić information content (AvgIpc) is 3.35. The number of unbranched alkanes of at least 4 members (excludes halogenated alkanes) is 5. The summed E-state index contributed by atoms with van der Waals surface area (Å²) < 4.78 is 0. The van der Waals surface area contributed by atoms with Crippen LogP contribution in [0.2, 0.25) is 0 Å². The minimum absolute atomic E-state index is 0.0787. The first-order valence-corrected chi connectivity index (χ1v) is 14.4. The second-order valence-electron chi connectivity index (χ2n) is 10.1. The van der Waals surface area contributed by atoms with Crippen molar-refractivity contribution >= 4 is 23.2 Å². The van der Waals surface area contributed by atoms with E-state index in [0.717, 1.165) is 25.8 Å². The van der Waals surface area contributed by atoms with Crippen molar-refractivity contribution in [3.8, 4) is 0 Å². The summed E-state index contributed by atoms with van der Waals surface area (Å²) in [4.78, 5) is 34.0. The van der Waals surface area contributed by atoms with Crippen LogP contribution in [0.1, 0.15) is 80.8 Å². The van der Waals surface area contributed by atoms with Crippen molar-refractivity contribution in [3.63, 3.8) is 0 Å². The van der Waals surface area contributed by atoms with Gasteiger partial charge in [0, 0.05) is 43.5 Å². The highest BCUT2D eigenvalue weighted by Gasteiger charge is 2.34. The molecule has 2 amide bonds. The van der Waals surface area contributed by atoms with Crippen LogP contribution >= 0.6 is 11.3 Å². The van der Waals surface area contributed by atoms with Gasteiger partial charge in [-0.1, -0.05) is 69.4 Å². The first-order valence-electron chi connectivity index (χ1n) is 13.5. The topological polar surface area (TPSA) is 43.9 Å². The summed E-state index contributed by atoms with van der Waals surface area (Å²) in [5, 5.41) is 2.18. The number of carbonyl (C=O) groups excluding carboxylic acids is 2. The molecule has 2 aliphatic heterocycles. The maximum absolute atomic E-state index is 13.4. The summed E-state index contributed by atoms with van der Waals surface area (Å²) >= 11 is 1.83. The molecule has 1 fully saturated rings. The minimum Gasteiger partial charge on any atom is -0.338 e. The van der Waals surface area contributed by atoms with Gasteiger partial charge in [0.05, 0.1) is 12.6 Å². The van der Waals surface area contributed by atoms with E-state index >= 15 is 0 Å². The maximum atomic E-state index is 13.4. The summed E-state index contributed by atoms with van der Waals surface area (Å²) in [7, 11) is 0. The van der Waals surface area contributed by atoms with E-state index in [1.807, 2.05) is 27.2 Å². The number of fused-ring (bicyclic) bond motifs is 1. The van der Waals surface area contributed by atoms with Crippen molar-refractivity contribution in [3.05, 3.63) is 57.8 Å². The molecule has 35 heavy (non-hydrogen) atoms. The van der Waals surface area contributed by atoms with E-state index in [4.69, 9.17) is 0 Å². The van der Waals surface area contributed by atoms with E-state index in [9.17, 15) is 9.59 Å². The first kappa shape index (κ1) is 25.9. The molecule has 0 N–H and O–H groups in total. The van der Waals surface area contributed by atoms with Gasteiger partial charge in [-0.15, -0.1) is 11.3 Å². The van der Waals surface area contributed by atoms with Crippen molar-refractivity contribution in [2.75, 3.05) is 32.7 Å². The Balaban J connectivity index is 1.31. The van der Waals surface area contributed by atoms with Gasteiger partial charge in [0.25, 0.3) is 0 Å². The van der Waals surface area contributed by atoms with Gasteiger partial charge in [-0.2, -0.15) is 0 Å². The number of benzene rings is 1. The Morgan fingerprint density at radius 2 is 1.71 bits per heavy atom. The monoisotopic (exact) mass is 495 g/mol. The quantitative estimate of drug-likeness (QED) is 0.409. The zero-order chi connectivity index (χ0) is 24.6. The number of carbonyl (C=O) groups is 2. The number of hydrogen-bond acceptors (Lipinski definition) is 4. The van der Waals surface area contributed by atoms with Gasteiger partial charge >= 0.3 is 0 Å². The Bertz CT molecular complexity index is 960. The van der Waals surface area contributed by atoms with Crippen LogP contribution in [0.4, 0.5) is 0 Å². The smallest absolute Gasteiger partial charge is 0.236 e. The molecule has 0 bridgehead atoms. The predicted octanol–water partition coefficient (Wildman–Crippen LogP) is 5.51. The van der Waals surface area contributed by atoms with Crippen molar-refractivity contribution < 1.29 is 9.59 Å². The highest BCUT2D eigenvalue weighted by Crippen LogP contribution is 2.37. The second kappa shape index (κ2) is 12.7. The molecular weight excluding hydrogens is 454 g/mol. The van der Waals surface area contributed by atoms with E-state index < -0.39 is 0 Å². The molecule has 4 rings (SSSR count). The van der Waals surface area contributed by atoms with E-state index in [1.54, 1.807) is 0 Å². The molecule has 0 unspecified atom stereocenters. The highest BCUT2D eigenvalue weighted by atomic mass is 32.1. The normalized spacial score (nSPS) is 20.6. The number of nitrogens with zero attached hydrogens (tertiary/aromatic N) is 3. The van der Waals surface area contributed by atoms with Gasteiger partial charge in [-0.05, 0) is 42.3 Å². The van der Waals surface area contributed by atoms with Crippen molar-refractivity contribution in [1.29, 1.82) is 0 Å². The van der Waals surface area contributed by atoms with Gasteiger partial charge in [0.2, 0.25) is 11.8 Å². The van der Waals surface area contributed by atoms with Crippen LogP contribution < -0.4 is 0 Å². The molecule has 2 atom stereocenters. The average molecular weight is 496 g/mol. The molecule has 5 nitrogen and oxygen atoms in total. The summed E-state index contributed by atoms with van der Waals surface area (Å²) in [6.45, 7) is 7.55. The van der Waals surface area contributed by atoms with Crippen LogP contribution in [-0.2, 0) is 16.0 Å². The molecular formula is C29H41N3O2S. The number of piperazine rings is 1. The lowest BCUT2D eigenvalue weighted by atomic mass is 9.93. The number of thiophene rings is 1. The molecule has 1 saturated heterocycles. The van der Waals surface area contributed by atoms with Gasteiger partial charge in [0.1, 0.15) is 0 Å². The third kappa shape index (κ3) is 6.53. The summed E-state index contributed by atoms with van der Waals surface area (Å²) in [6.07, 6.45) is 8.81. The molecule has 0 aliphatic carbocycles. The second-order valence-corrected chi connectivity index (χ2v) is 11.1. The Morgan fingerprint density at radius 3 is 2.49 bits per heavy atom. The first-order chi connectivity index (χ1) is 17.1. The molecule has 1 aromatic carbocycles. The van der Waals surface area contributed by atoms with E-state index in [-0.39, 0.29) is 23.9 Å². The molecule has 190 valence electrons. The SMILES string of the molecule is CCCCCCCCC(=O)N1CCN(C(=O)CN2CCc3sccc3[C@H]2c2ccccc2)C[C@H]1C. The van der Waals surface area contributed by atoms with E-state index in [0.29, 0.717) is 32.6 Å². The zero-order valence-electron chi connectivity index (χ0n) is 21.5. The third-order valence-corrected chi connectivity index (χ3v) is 8.56. The largest absolute Gasteiger partial charge is 0.338 e. The number of hydrogen-bond donors (Lipinski definition) is 0. The molecule has 3 heterocycles. The van der Waals surface area contributed by atoms with Crippen LogP contribution in [0.15, 0.2) is 41.8 Å². The summed E-state index contributed by atoms with van der Waals surface area (Å²) in [6, 6.07) is 13.0. The maximum Gasteiger partial charge on any atom is 0.236 e. The standard InChI is InChI=1S/C29H41N3O2S/c1-3-4-5-6-7-11-14-27(33)32-19-18-30(21-23(32)2)28(34)22-31-17-15-26-25(16-20-35-26)29(31)24-12-9-8-10-13-24/h8-10,12-13,16,20,23,29H,3-7,11,14-15,17-19,21-22H2,1-2H3/t23-,29-/m1/s1. The van der Waals surface area contributed by atoms with Crippen LogP contribution in [0, 0.1) is 0 Å². The van der Waals surface area contributed by atoms with Crippen LogP contribution in [0.3, 0.4) is 0 Å². The molecule has 0 spiro atoms. The zero-order valence-corrected chi connectivity index (χ0v) is 22.3. The fraction of sp³-hybridized carbons (Fsp3) is 0.586. The Kier molecular flexibility index (Phi) is 9.38. The number of amides is 2. The van der Waals surface area contributed by atoms with Gasteiger partial charge in [-0.3, -0.25) is 14.5 Å². The molecule has 1 aromatic heterocycles. The summed E-state index contributed by atoms with van der Waals surface area (Å²) in [5.74, 6) is 0.435. The minimum atomic E-state index is 0.0787. The van der Waals surface area contributed by atoms with E-state index in [2.05, 4.69) is 54.5 Å². The molecule has 0 radical (unpaired) electrons. The molecule has 6 heteroatoms. The van der Waals surface area contributed by atoms with Gasteiger partial charge in [0.15, 0.2) is 0 Å². The van der Waals surface area contributed by atoms with Crippen molar-refractivity contribution in [2.45, 2.75) is 77.3 Å². The van der Waals surface area contributed by atoms with Crippen molar-refractivity contribution in [2.24, 2.45) is 0 Å². The Hall–Kier alpha value is -2.18. The molecule has 0 saturated carbocycles. The Labute approximate surface area is 215 Å². The van der Waals surface area contributed by atoms with Gasteiger partial charge < -0.3 is 9.80 Å². The number of rotatable bonds is 10. The fourth-order valence-electron chi connectivity index (χ4n) is 5.59. The lowest BCUT2D eigenvalue weighted by Gasteiger charge is -2.42. The highest BCUT2D eigenvalue weighted by molar-refractivity contribution is 7.10. The lowest BCUT2D eigenvalue weighted by Crippen LogP contribution is -2.57. The Morgan fingerprint density at radius 1 is 0.943 bits per heavy atom. The molecule has 2 aromatic rings. The molecule has 2 aliphatic rings. The van der Waals surface area contributed by atoms with Crippen LogP contribution in [0.5, 0.6) is 0 Å². The van der Waals surface area contributed by atoms with Gasteiger partial charge in [-0.25, -0.2) is 0 Å². The predicted molar refractivity (Wildman–Crippen MR) is 144 cm³/mol. The third-order valence-electron chi connectivity index (χ3n) is 7.56. The fourth-order valence-corrected chi connectivity index (χ4v) is 6.50.